The van der Waals surface area contributed by atoms with Crippen LogP contribution in [0.1, 0.15) is 95.7 Å². The number of hydrogen-bond donors (Lipinski definition) is 2. The molecule has 154 valence electrons. The minimum Gasteiger partial charge on any atom is -0.389 e. The summed E-state index contributed by atoms with van der Waals surface area (Å²) in [5.41, 5.74) is -0.490. The zero-order valence-electron chi connectivity index (χ0n) is 17.1. The molecule has 2 atom stereocenters. The van der Waals surface area contributed by atoms with Gasteiger partial charge in [0.15, 0.2) is 0 Å². The fraction of sp³-hybridized carbons (Fsp3) is 0.652. The summed E-state index contributed by atoms with van der Waals surface area (Å²) in [5.74, 6) is 6.10. The predicted octanol–water partition coefficient (Wildman–Crippen LogP) is 4.06. The number of aliphatic hydroxyl groups is 1. The monoisotopic (exact) mass is 386 g/mol. The Morgan fingerprint density at radius 3 is 2.29 bits per heavy atom. The van der Waals surface area contributed by atoms with E-state index < -0.39 is 17.4 Å². The maximum atomic E-state index is 12.2. The summed E-state index contributed by atoms with van der Waals surface area (Å²) in [6.45, 7) is 2.24. The molecule has 1 aliphatic carbocycles. The minimum absolute atomic E-state index is 0.263. The second-order valence-electron chi connectivity index (χ2n) is 7.68. The molecule has 0 fully saturated rings. The van der Waals surface area contributed by atoms with Crippen molar-refractivity contribution in [3.63, 3.8) is 0 Å². The molecule has 0 aromatic carbocycles. The van der Waals surface area contributed by atoms with Gasteiger partial charge in [-0.25, -0.2) is 4.79 Å². The largest absolute Gasteiger partial charge is 0.389 e. The molecule has 1 aliphatic rings. The fourth-order valence-electron chi connectivity index (χ4n) is 3.64. The van der Waals surface area contributed by atoms with Crippen molar-refractivity contribution in [2.24, 2.45) is 0 Å². The van der Waals surface area contributed by atoms with Crippen LogP contribution in [0, 0.1) is 11.8 Å². The second kappa shape index (κ2) is 12.4. The van der Waals surface area contributed by atoms with Crippen LogP contribution in [0.4, 0.5) is 0 Å². The van der Waals surface area contributed by atoms with E-state index in [0.717, 1.165) is 12.8 Å². The van der Waals surface area contributed by atoms with Crippen LogP contribution in [0.15, 0.2) is 27.8 Å². The molecule has 1 aromatic rings. The molecular weight excluding hydrogens is 352 g/mol. The van der Waals surface area contributed by atoms with Crippen molar-refractivity contribution in [2.75, 3.05) is 0 Å². The smallest absolute Gasteiger partial charge is 0.329 e. The third-order valence-corrected chi connectivity index (χ3v) is 5.22. The van der Waals surface area contributed by atoms with E-state index in [1.807, 2.05) is 0 Å². The van der Waals surface area contributed by atoms with Crippen molar-refractivity contribution in [3.8, 4) is 11.8 Å². The van der Waals surface area contributed by atoms with Crippen LogP contribution < -0.4 is 11.2 Å². The van der Waals surface area contributed by atoms with Gasteiger partial charge in [-0.3, -0.25) is 14.3 Å². The van der Waals surface area contributed by atoms with Gasteiger partial charge in [0.2, 0.25) is 0 Å². The minimum atomic E-state index is -0.559. The zero-order valence-corrected chi connectivity index (χ0v) is 17.1. The van der Waals surface area contributed by atoms with Crippen molar-refractivity contribution in [3.05, 3.63) is 44.8 Å². The second-order valence-corrected chi connectivity index (χ2v) is 7.68. The molecular formula is C23H34N2O3. The molecule has 28 heavy (non-hydrogen) atoms. The van der Waals surface area contributed by atoms with Gasteiger partial charge < -0.3 is 5.11 Å². The Bertz CT molecular complexity index is 795. The first-order valence-electron chi connectivity index (χ1n) is 10.8. The van der Waals surface area contributed by atoms with Crippen molar-refractivity contribution < 1.29 is 5.11 Å². The molecule has 1 heterocycles. The lowest BCUT2D eigenvalue weighted by atomic mass is 10.1. The Balaban J connectivity index is 1.76. The van der Waals surface area contributed by atoms with Gasteiger partial charge in [-0.05, 0) is 12.3 Å². The summed E-state index contributed by atoms with van der Waals surface area (Å²) < 4.78 is 1.47. The lowest BCUT2D eigenvalue weighted by Gasteiger charge is -2.14. The standard InChI is InChI=1S/C23H34N2O3/c1-2-3-4-5-6-7-8-9-10-11-12-13-14-19-18-22(27)24-23(28)25(19)20-15-16-21(26)17-20/h15-16,18,20-21,26H,2-12,17H2,1H3,(H,24,27,28). The Morgan fingerprint density at radius 2 is 1.68 bits per heavy atom. The Kier molecular flexibility index (Phi) is 9.85. The average molecular weight is 387 g/mol. The van der Waals surface area contributed by atoms with Crippen molar-refractivity contribution in [1.29, 1.82) is 0 Å². The van der Waals surface area contributed by atoms with Crippen LogP contribution in [-0.4, -0.2) is 20.8 Å². The number of nitrogens with one attached hydrogen (secondary N) is 1. The molecule has 2 rings (SSSR count). The summed E-state index contributed by atoms with van der Waals surface area (Å²) in [6.07, 6.45) is 16.9. The molecule has 5 heteroatoms. The number of aliphatic hydroxyl groups excluding tert-OH is 1. The van der Waals surface area contributed by atoms with Gasteiger partial charge in [0, 0.05) is 18.9 Å². The molecule has 0 amide bonds. The summed E-state index contributed by atoms with van der Waals surface area (Å²) in [5, 5.41) is 9.68. The molecule has 5 nitrogen and oxygen atoms in total. The number of H-pyrrole nitrogens is 1. The van der Waals surface area contributed by atoms with Crippen molar-refractivity contribution in [1.82, 2.24) is 9.55 Å². The molecule has 1 aromatic heterocycles. The molecule has 0 saturated heterocycles. The zero-order chi connectivity index (χ0) is 20.2. The quantitative estimate of drug-likeness (QED) is 0.342. The highest BCUT2D eigenvalue weighted by atomic mass is 16.3. The van der Waals surface area contributed by atoms with Crippen LogP contribution in [-0.2, 0) is 0 Å². The fourth-order valence-corrected chi connectivity index (χ4v) is 3.64. The number of nitrogens with zero attached hydrogens (tertiary/aromatic N) is 1. The van der Waals surface area contributed by atoms with Gasteiger partial charge in [-0.15, -0.1) is 0 Å². The van der Waals surface area contributed by atoms with Crippen LogP contribution in [0.5, 0.6) is 0 Å². The lowest BCUT2D eigenvalue weighted by Crippen LogP contribution is -2.33. The van der Waals surface area contributed by atoms with Gasteiger partial charge in [-0.1, -0.05) is 82.8 Å². The first-order valence-corrected chi connectivity index (χ1v) is 10.8. The lowest BCUT2D eigenvalue weighted by molar-refractivity contribution is 0.209. The normalized spacial score (nSPS) is 18.2. The highest BCUT2D eigenvalue weighted by molar-refractivity contribution is 5.28. The van der Waals surface area contributed by atoms with E-state index in [9.17, 15) is 14.7 Å². The number of allylic oxidation sites excluding steroid dienone is 1. The summed E-state index contributed by atoms with van der Waals surface area (Å²) in [7, 11) is 0. The van der Waals surface area contributed by atoms with Crippen molar-refractivity contribution >= 4 is 0 Å². The van der Waals surface area contributed by atoms with Crippen LogP contribution in [0.2, 0.25) is 0 Å². The molecule has 2 unspecified atom stereocenters. The van der Waals surface area contributed by atoms with E-state index in [1.165, 1.54) is 68.4 Å². The van der Waals surface area contributed by atoms with Crippen LogP contribution in [0.3, 0.4) is 0 Å². The molecule has 0 saturated carbocycles. The Hall–Kier alpha value is -2.06. The first-order chi connectivity index (χ1) is 13.6. The molecule has 2 N–H and O–H groups in total. The number of unbranched alkanes of at least 4 members (excludes halogenated alkanes) is 10. The maximum absolute atomic E-state index is 12.2. The van der Waals surface area contributed by atoms with Gasteiger partial charge in [0.05, 0.1) is 12.1 Å². The summed E-state index contributed by atoms with van der Waals surface area (Å²) >= 11 is 0. The topological polar surface area (TPSA) is 75.1 Å². The van der Waals surface area contributed by atoms with Gasteiger partial charge in [-0.2, -0.15) is 0 Å². The summed E-state index contributed by atoms with van der Waals surface area (Å²) in [6, 6.07) is 1.10. The van der Waals surface area contributed by atoms with Crippen molar-refractivity contribution in [2.45, 2.75) is 96.1 Å². The molecule has 0 bridgehead atoms. The van der Waals surface area contributed by atoms with E-state index in [1.54, 1.807) is 12.2 Å². The Morgan fingerprint density at radius 1 is 1.04 bits per heavy atom. The van der Waals surface area contributed by atoms with E-state index in [2.05, 4.69) is 23.7 Å². The van der Waals surface area contributed by atoms with E-state index in [4.69, 9.17) is 0 Å². The first kappa shape index (κ1) is 22.2. The Labute approximate surface area is 167 Å². The van der Waals surface area contributed by atoms with E-state index in [0.29, 0.717) is 12.1 Å². The summed E-state index contributed by atoms with van der Waals surface area (Å²) in [4.78, 5) is 26.1. The van der Waals surface area contributed by atoms with Gasteiger partial charge >= 0.3 is 5.69 Å². The van der Waals surface area contributed by atoms with Gasteiger partial charge in [0.1, 0.15) is 5.69 Å². The third-order valence-electron chi connectivity index (χ3n) is 5.22. The van der Waals surface area contributed by atoms with Gasteiger partial charge in [0.25, 0.3) is 5.56 Å². The highest BCUT2D eigenvalue weighted by Gasteiger charge is 2.21. The maximum Gasteiger partial charge on any atom is 0.329 e. The average Bonchev–Trinajstić information content (AvgIpc) is 3.08. The van der Waals surface area contributed by atoms with Crippen LogP contribution >= 0.6 is 0 Å². The highest BCUT2D eigenvalue weighted by Crippen LogP contribution is 2.22. The number of rotatable bonds is 11. The number of hydrogen-bond acceptors (Lipinski definition) is 3. The predicted molar refractivity (Wildman–Crippen MR) is 113 cm³/mol. The van der Waals surface area contributed by atoms with E-state index >= 15 is 0 Å². The number of aromatic nitrogens is 2. The molecule has 0 spiro atoms. The van der Waals surface area contributed by atoms with Crippen LogP contribution in [0.25, 0.3) is 0 Å². The molecule has 0 aliphatic heterocycles. The number of aromatic amines is 1. The molecule has 0 radical (unpaired) electrons. The third kappa shape index (κ3) is 7.52. The van der Waals surface area contributed by atoms with E-state index in [-0.39, 0.29) is 6.04 Å². The SMILES string of the molecule is CCCCCCCCCCCCC#Cc1cc(=O)[nH]c(=O)n1C1C=CC(O)C1.